The number of rotatable bonds is 34. The summed E-state index contributed by atoms with van der Waals surface area (Å²) in [6.45, 7) is 30.8. The van der Waals surface area contributed by atoms with Crippen LogP contribution in [0.1, 0.15) is 112 Å². The molecule has 2 aliphatic heterocycles. The van der Waals surface area contributed by atoms with Crippen molar-refractivity contribution in [2.45, 2.75) is 167 Å². The number of aliphatic hydroxyl groups excluding tert-OH is 1. The Labute approximate surface area is 475 Å². The Hall–Kier alpha value is -0.604. The summed E-state index contributed by atoms with van der Waals surface area (Å²) in [5, 5.41) is 31.4. The first-order chi connectivity index (χ1) is 32.9. The van der Waals surface area contributed by atoms with E-state index in [1.165, 1.54) is 11.1 Å². The molecule has 2 fully saturated rings. The van der Waals surface area contributed by atoms with Gasteiger partial charge in [0.1, 0.15) is 22.4 Å². The molecule has 18 heteroatoms. The molecular formula is C54H95KO17. The first-order valence-electron chi connectivity index (χ1n) is 24.9. The number of benzene rings is 2. The molecule has 0 aliphatic carbocycles. The van der Waals surface area contributed by atoms with Gasteiger partial charge in [0.25, 0.3) is 0 Å². The summed E-state index contributed by atoms with van der Waals surface area (Å²) < 4.78 is 71.6. The van der Waals surface area contributed by atoms with Crippen LogP contribution in [0.4, 0.5) is 0 Å². The zero-order chi connectivity index (χ0) is 52.5. The number of hydrogen-bond acceptors (Lipinski definition) is 17. The molecular weight excluding hydrogens is 960 g/mol. The van der Waals surface area contributed by atoms with Crippen LogP contribution in [-0.4, -0.2) is 183 Å². The van der Waals surface area contributed by atoms with E-state index in [0.29, 0.717) is 70.6 Å². The number of aliphatic hydroxyl groups is 3. The van der Waals surface area contributed by atoms with Crippen molar-refractivity contribution < 1.29 is 134 Å². The van der Waals surface area contributed by atoms with Crippen molar-refractivity contribution in [1.29, 1.82) is 0 Å². The van der Waals surface area contributed by atoms with Crippen molar-refractivity contribution in [2.24, 2.45) is 0 Å². The van der Waals surface area contributed by atoms with E-state index in [2.05, 4.69) is 38.1 Å². The van der Waals surface area contributed by atoms with Crippen molar-refractivity contribution in [3.63, 3.8) is 0 Å². The quantitative estimate of drug-likeness (QED) is 0.0674. The maximum Gasteiger partial charge on any atom is 1.00 e. The van der Waals surface area contributed by atoms with Gasteiger partial charge in [-0.1, -0.05) is 36.4 Å². The maximum absolute atomic E-state index is 11.2. The molecule has 13 atom stereocenters. The summed E-state index contributed by atoms with van der Waals surface area (Å²) in [5.74, 6) is 0. The molecule has 0 saturated carbocycles. The molecule has 2 saturated heterocycles. The largest absolute Gasteiger partial charge is 1.00 e. The Morgan fingerprint density at radius 2 is 0.736 bits per heavy atom. The monoisotopic (exact) mass is 1050 g/mol. The van der Waals surface area contributed by atoms with Crippen LogP contribution < -0.4 is 51.4 Å². The topological polar surface area (TPSA) is 217 Å². The molecule has 72 heavy (non-hydrogen) atoms. The fourth-order valence-corrected chi connectivity index (χ4v) is 6.58. The van der Waals surface area contributed by atoms with Crippen molar-refractivity contribution in [3.8, 4) is 0 Å². The summed E-state index contributed by atoms with van der Waals surface area (Å²) in [5.41, 5.74) is 1.21. The Kier molecular flexibility index (Phi) is 36.2. The van der Waals surface area contributed by atoms with Gasteiger partial charge in [-0.15, -0.1) is 0 Å². The van der Waals surface area contributed by atoms with Crippen LogP contribution in [0.2, 0.25) is 0 Å². The van der Waals surface area contributed by atoms with Gasteiger partial charge in [-0.05, 0) is 124 Å². The fraction of sp³-hybridized carbons (Fsp3) is 0.778. The first-order valence-corrected chi connectivity index (χ1v) is 24.9. The van der Waals surface area contributed by atoms with E-state index in [4.69, 9.17) is 66.7 Å². The minimum absolute atomic E-state index is 0. The summed E-state index contributed by atoms with van der Waals surface area (Å²) in [4.78, 5) is 0. The van der Waals surface area contributed by atoms with Gasteiger partial charge in [-0.3, -0.25) is 0 Å². The molecule has 2 aromatic rings. The predicted molar refractivity (Wildman–Crippen MR) is 271 cm³/mol. The molecule has 0 amide bonds. The van der Waals surface area contributed by atoms with Gasteiger partial charge in [0, 0.05) is 21.3 Å². The van der Waals surface area contributed by atoms with Gasteiger partial charge < -0.3 is 82.4 Å². The Morgan fingerprint density at radius 3 is 1.01 bits per heavy atom. The maximum atomic E-state index is 11.2. The van der Waals surface area contributed by atoms with E-state index in [-0.39, 0.29) is 130 Å². The molecule has 0 bridgehead atoms. The van der Waals surface area contributed by atoms with Crippen LogP contribution in [0.3, 0.4) is 0 Å². The molecule has 4 N–H and O–H groups in total. The Bertz CT molecular complexity index is 1580. The minimum atomic E-state index is -1.27. The van der Waals surface area contributed by atoms with E-state index >= 15 is 0 Å². The van der Waals surface area contributed by atoms with Crippen LogP contribution >= 0.6 is 0 Å². The third-order valence-electron chi connectivity index (χ3n) is 11.5. The second-order valence-corrected chi connectivity index (χ2v) is 20.1. The van der Waals surface area contributed by atoms with E-state index in [1.54, 1.807) is 48.2 Å². The summed E-state index contributed by atoms with van der Waals surface area (Å²) in [6, 6.07) is 15.8. The van der Waals surface area contributed by atoms with Gasteiger partial charge in [0.05, 0.1) is 141 Å². The number of methoxy groups -OCH3 is 3. The van der Waals surface area contributed by atoms with Gasteiger partial charge in [0.15, 0.2) is 0 Å². The van der Waals surface area contributed by atoms with Gasteiger partial charge in [-0.25, -0.2) is 0 Å². The summed E-state index contributed by atoms with van der Waals surface area (Å²) in [6.07, 6.45) is -1.00. The Balaban J connectivity index is 0.00000135. The summed E-state index contributed by atoms with van der Waals surface area (Å²) >= 11 is 0. The minimum Gasteiger partial charge on any atom is -0.870 e. The third-order valence-corrected chi connectivity index (χ3v) is 11.5. The van der Waals surface area contributed by atoms with Gasteiger partial charge in [-0.2, -0.15) is 0 Å². The van der Waals surface area contributed by atoms with Crippen molar-refractivity contribution in [1.82, 2.24) is 0 Å². The van der Waals surface area contributed by atoms with E-state index < -0.39 is 17.3 Å². The van der Waals surface area contributed by atoms with E-state index in [9.17, 15) is 10.2 Å². The Morgan fingerprint density at radius 1 is 0.472 bits per heavy atom. The second kappa shape index (κ2) is 36.5. The second-order valence-electron chi connectivity index (χ2n) is 20.1. The van der Waals surface area contributed by atoms with Gasteiger partial charge >= 0.3 is 51.4 Å². The van der Waals surface area contributed by atoms with Crippen LogP contribution in [0.15, 0.2) is 48.5 Å². The predicted octanol–water partition coefficient (Wildman–Crippen LogP) is 3.65. The molecule has 0 aromatic heterocycles. The number of epoxide rings is 2. The van der Waals surface area contributed by atoms with E-state index in [0.717, 1.165) is 13.2 Å². The van der Waals surface area contributed by atoms with Crippen LogP contribution in [-0.2, 0) is 84.0 Å². The molecule has 4 rings (SSSR count). The number of ether oxygens (including phenoxy) is 13. The average Bonchev–Trinajstić information content (AvgIpc) is 4.27. The van der Waals surface area contributed by atoms with E-state index in [1.807, 2.05) is 73.6 Å². The fourth-order valence-electron chi connectivity index (χ4n) is 6.58. The molecule has 17 nitrogen and oxygen atoms in total. The SMILES string of the molecule is CC1(c2cccc(C3(C)CO3)c2)CO1.COCC(C)OCC(C)OCC(C)O.COCC(C)OCC(C)OCC(C)OCC(C)(O)c1cccc(C(C)(O)COC(C)COC(C)COC(C)COC)c1.[K+].[OH-]. The smallest absolute Gasteiger partial charge is 0.870 e. The average molecular weight is 1060 g/mol. The van der Waals surface area contributed by atoms with Crippen LogP contribution in [0.25, 0.3) is 0 Å². The molecule has 13 unspecified atom stereocenters. The van der Waals surface area contributed by atoms with Crippen LogP contribution in [0, 0.1) is 0 Å². The normalized spacial score (nSPS) is 22.4. The standard InChI is InChI=1S/C32H58O10.C12H14O2.C10H22O4.K.H2O/c1-23(15-35-9)37-17-25(3)39-19-27(5)41-21-31(7,33)29-12-11-13-30(14-29)32(8,34)22-42-28(6)20-40-26(4)18-38-24(2)16-36-10;1-11(7-13-11)9-4-3-5-10(6-9)12(2)8-14-12;1-8(11)5-13-10(3)7-14-9(2)6-12-4;;/h11-14,23-28,33-34H,15-22H2,1-10H3;3-6H,7-8H2,1-2H3;8-11H,5-7H2,1-4H3;;1H2/q;;;+1;/p-1. The first kappa shape index (κ1) is 71.4. The number of hydrogen-bond donors (Lipinski definition) is 3. The van der Waals surface area contributed by atoms with Crippen LogP contribution in [0.5, 0.6) is 0 Å². The van der Waals surface area contributed by atoms with Crippen molar-refractivity contribution in [3.05, 3.63) is 70.8 Å². The molecule has 2 aromatic carbocycles. The zero-order valence-corrected chi connectivity index (χ0v) is 50.2. The summed E-state index contributed by atoms with van der Waals surface area (Å²) in [7, 11) is 4.93. The molecule has 0 spiro atoms. The zero-order valence-electron chi connectivity index (χ0n) is 47.1. The molecule has 414 valence electrons. The van der Waals surface area contributed by atoms with Crippen molar-refractivity contribution >= 4 is 0 Å². The molecule has 0 radical (unpaired) electrons. The third kappa shape index (κ3) is 29.8. The molecule has 2 aliphatic rings. The van der Waals surface area contributed by atoms with Crippen molar-refractivity contribution in [2.75, 3.05) is 107 Å². The molecule has 2 heterocycles. The van der Waals surface area contributed by atoms with Gasteiger partial charge in [0.2, 0.25) is 0 Å².